The van der Waals surface area contributed by atoms with E-state index in [-0.39, 0.29) is 18.5 Å². The molecule has 4 aromatic rings. The highest BCUT2D eigenvalue weighted by Gasteiger charge is 2.31. The molecule has 5 heteroatoms. The summed E-state index contributed by atoms with van der Waals surface area (Å²) in [4.78, 5) is 7.46. The van der Waals surface area contributed by atoms with Crippen molar-refractivity contribution in [1.82, 2.24) is 15.3 Å². The van der Waals surface area contributed by atoms with Crippen LogP contribution in [0.15, 0.2) is 73.1 Å². The number of imidazole rings is 1. The van der Waals surface area contributed by atoms with Crippen LogP contribution in [0.5, 0.6) is 0 Å². The Balaban J connectivity index is 0.00000205. The highest BCUT2D eigenvalue weighted by atomic mass is 35.5. The van der Waals surface area contributed by atoms with Crippen molar-refractivity contribution in [3.8, 4) is 11.1 Å². The molecule has 1 aliphatic carbocycles. The average Bonchev–Trinajstić information content (AvgIpc) is 3.35. The van der Waals surface area contributed by atoms with Gasteiger partial charge in [0.25, 0.3) is 0 Å². The van der Waals surface area contributed by atoms with Gasteiger partial charge in [0.05, 0.1) is 23.5 Å². The lowest BCUT2D eigenvalue weighted by atomic mass is 10.0. The van der Waals surface area contributed by atoms with E-state index >= 15 is 0 Å². The number of nitrogens with one attached hydrogen (secondary N) is 2. The molecule has 148 valence electrons. The SMILES string of the molecule is CO[C@H]1c2ccccc2C[C@H]1NCc1ccc(-c2ccc3nc[nH]c3c2)cc1.Cl. The molecule has 0 bridgehead atoms. The van der Waals surface area contributed by atoms with Gasteiger partial charge in [-0.2, -0.15) is 0 Å². The van der Waals surface area contributed by atoms with Crippen LogP contribution < -0.4 is 5.32 Å². The predicted octanol–water partition coefficient (Wildman–Crippen LogP) is 5.05. The third kappa shape index (κ3) is 3.79. The first-order valence-electron chi connectivity index (χ1n) is 9.68. The third-order valence-electron chi connectivity index (χ3n) is 5.70. The number of benzene rings is 3. The van der Waals surface area contributed by atoms with Crippen molar-refractivity contribution in [2.75, 3.05) is 7.11 Å². The van der Waals surface area contributed by atoms with Gasteiger partial charge in [0, 0.05) is 19.7 Å². The first-order chi connectivity index (χ1) is 13.8. The summed E-state index contributed by atoms with van der Waals surface area (Å²) in [7, 11) is 1.80. The van der Waals surface area contributed by atoms with Gasteiger partial charge in [-0.1, -0.05) is 54.6 Å². The molecule has 29 heavy (non-hydrogen) atoms. The van der Waals surface area contributed by atoms with E-state index < -0.39 is 0 Å². The van der Waals surface area contributed by atoms with Gasteiger partial charge in [0.2, 0.25) is 0 Å². The van der Waals surface area contributed by atoms with Crippen LogP contribution in [0, 0.1) is 0 Å². The number of H-pyrrole nitrogens is 1. The van der Waals surface area contributed by atoms with Gasteiger partial charge in [0.1, 0.15) is 0 Å². The summed E-state index contributed by atoms with van der Waals surface area (Å²) in [5.74, 6) is 0. The fourth-order valence-corrected chi connectivity index (χ4v) is 4.21. The van der Waals surface area contributed by atoms with Crippen LogP contribution in [-0.2, 0) is 17.7 Å². The van der Waals surface area contributed by atoms with Gasteiger partial charge < -0.3 is 15.0 Å². The molecule has 2 atom stereocenters. The quantitative estimate of drug-likeness (QED) is 0.488. The maximum absolute atomic E-state index is 5.77. The molecule has 1 aromatic heterocycles. The normalized spacial score (nSPS) is 17.8. The molecule has 0 radical (unpaired) electrons. The molecule has 1 aliphatic rings. The van der Waals surface area contributed by atoms with Crippen LogP contribution in [0.3, 0.4) is 0 Å². The van der Waals surface area contributed by atoms with Crippen molar-refractivity contribution in [3.63, 3.8) is 0 Å². The molecule has 0 fully saturated rings. The lowest BCUT2D eigenvalue weighted by Gasteiger charge is -2.20. The number of fused-ring (bicyclic) bond motifs is 2. The second-order valence-electron chi connectivity index (χ2n) is 7.38. The minimum Gasteiger partial charge on any atom is -0.375 e. The zero-order valence-corrected chi connectivity index (χ0v) is 17.1. The molecule has 0 saturated carbocycles. The average molecular weight is 406 g/mol. The Kier molecular flexibility index (Phi) is 5.67. The number of nitrogens with zero attached hydrogens (tertiary/aromatic N) is 1. The molecular weight excluding hydrogens is 382 g/mol. The minimum atomic E-state index is 0. The van der Waals surface area contributed by atoms with Crippen molar-refractivity contribution < 1.29 is 4.74 Å². The van der Waals surface area contributed by atoms with Crippen LogP contribution in [-0.4, -0.2) is 23.1 Å². The molecule has 1 heterocycles. The van der Waals surface area contributed by atoms with E-state index in [1.54, 1.807) is 13.4 Å². The molecular formula is C24H24ClN3O. The Morgan fingerprint density at radius 3 is 2.66 bits per heavy atom. The third-order valence-corrected chi connectivity index (χ3v) is 5.70. The molecule has 5 rings (SSSR count). The van der Waals surface area contributed by atoms with Crippen LogP contribution in [0.1, 0.15) is 22.8 Å². The Labute approximate surface area is 176 Å². The van der Waals surface area contributed by atoms with Gasteiger partial charge in [-0.25, -0.2) is 4.98 Å². The summed E-state index contributed by atoms with van der Waals surface area (Å²) in [5.41, 5.74) is 8.44. The molecule has 0 amide bonds. The van der Waals surface area contributed by atoms with Crippen molar-refractivity contribution in [2.45, 2.75) is 25.1 Å². The summed E-state index contributed by atoms with van der Waals surface area (Å²) < 4.78 is 5.77. The Morgan fingerprint density at radius 2 is 1.83 bits per heavy atom. The lowest BCUT2D eigenvalue weighted by Crippen LogP contribution is -2.33. The van der Waals surface area contributed by atoms with E-state index in [0.29, 0.717) is 6.04 Å². The summed E-state index contributed by atoms with van der Waals surface area (Å²) in [6, 6.07) is 24.0. The van der Waals surface area contributed by atoms with Gasteiger partial charge in [0.15, 0.2) is 0 Å². The molecule has 4 nitrogen and oxygen atoms in total. The minimum absolute atomic E-state index is 0. The summed E-state index contributed by atoms with van der Waals surface area (Å²) >= 11 is 0. The Bertz CT molecular complexity index is 1110. The second-order valence-corrected chi connectivity index (χ2v) is 7.38. The fourth-order valence-electron chi connectivity index (χ4n) is 4.21. The Morgan fingerprint density at radius 1 is 1.03 bits per heavy atom. The predicted molar refractivity (Wildman–Crippen MR) is 119 cm³/mol. The number of hydrogen-bond donors (Lipinski definition) is 2. The monoisotopic (exact) mass is 405 g/mol. The summed E-state index contributed by atoms with van der Waals surface area (Å²) in [5, 5.41) is 3.69. The number of halogens is 1. The van der Waals surface area contributed by atoms with Gasteiger partial charge in [-0.15, -0.1) is 12.4 Å². The van der Waals surface area contributed by atoms with Crippen LogP contribution in [0.25, 0.3) is 22.2 Å². The molecule has 0 unspecified atom stereocenters. The zero-order valence-electron chi connectivity index (χ0n) is 16.3. The molecule has 0 saturated heterocycles. The van der Waals surface area contributed by atoms with Crippen molar-refractivity contribution in [2.24, 2.45) is 0 Å². The molecule has 2 N–H and O–H groups in total. The number of methoxy groups -OCH3 is 1. The van der Waals surface area contributed by atoms with Crippen molar-refractivity contribution >= 4 is 23.4 Å². The summed E-state index contributed by atoms with van der Waals surface area (Å²) in [6.07, 6.45) is 2.87. The first kappa shape index (κ1) is 19.6. The number of hydrogen-bond acceptors (Lipinski definition) is 3. The van der Waals surface area contributed by atoms with E-state index in [1.807, 2.05) is 0 Å². The maximum atomic E-state index is 5.77. The zero-order chi connectivity index (χ0) is 18.9. The molecule has 3 aromatic carbocycles. The van der Waals surface area contributed by atoms with E-state index in [4.69, 9.17) is 4.74 Å². The fraction of sp³-hybridized carbons (Fsp3) is 0.208. The van der Waals surface area contributed by atoms with Crippen LogP contribution in [0.4, 0.5) is 0 Å². The second kappa shape index (κ2) is 8.37. The van der Waals surface area contributed by atoms with E-state index in [2.05, 4.69) is 82.0 Å². The summed E-state index contributed by atoms with van der Waals surface area (Å²) in [6.45, 7) is 0.832. The smallest absolute Gasteiger partial charge is 0.0980 e. The lowest BCUT2D eigenvalue weighted by molar-refractivity contribution is 0.0777. The van der Waals surface area contributed by atoms with Gasteiger partial charge >= 0.3 is 0 Å². The van der Waals surface area contributed by atoms with Gasteiger partial charge in [-0.3, -0.25) is 0 Å². The molecule has 0 spiro atoms. The highest BCUT2D eigenvalue weighted by molar-refractivity contribution is 5.85. The maximum Gasteiger partial charge on any atom is 0.0980 e. The Hall–Kier alpha value is -2.66. The van der Waals surface area contributed by atoms with Crippen LogP contribution >= 0.6 is 12.4 Å². The first-order valence-corrected chi connectivity index (χ1v) is 9.68. The highest BCUT2D eigenvalue weighted by Crippen LogP contribution is 2.33. The van der Waals surface area contributed by atoms with E-state index in [1.165, 1.54) is 27.8 Å². The topological polar surface area (TPSA) is 49.9 Å². The number of aromatic nitrogens is 2. The standard InChI is InChI=1S/C24H23N3O.ClH/c1-28-24-20-5-3-2-4-19(20)13-23(24)25-14-16-6-8-17(9-7-16)18-10-11-21-22(12-18)27-15-26-21;/h2-12,15,23-25H,13-14H2,1H3,(H,26,27);1H/t23-,24+;/m1./s1. The number of ether oxygens (including phenoxy) is 1. The van der Waals surface area contributed by atoms with Crippen LogP contribution in [0.2, 0.25) is 0 Å². The van der Waals surface area contributed by atoms with Crippen molar-refractivity contribution in [3.05, 3.63) is 89.7 Å². The van der Waals surface area contributed by atoms with Crippen molar-refractivity contribution in [1.29, 1.82) is 0 Å². The molecule has 0 aliphatic heterocycles. The number of rotatable bonds is 5. The van der Waals surface area contributed by atoms with E-state index in [0.717, 1.165) is 24.0 Å². The number of aromatic amines is 1. The van der Waals surface area contributed by atoms with E-state index in [9.17, 15) is 0 Å². The van der Waals surface area contributed by atoms with Gasteiger partial charge in [-0.05, 0) is 46.4 Å². The largest absolute Gasteiger partial charge is 0.375 e.